The minimum absolute atomic E-state index is 0.130. The molecule has 0 atom stereocenters. The fraction of sp³-hybridized carbons (Fsp3) is 0.643. The first kappa shape index (κ1) is 14.5. The van der Waals surface area contributed by atoms with Crippen molar-refractivity contribution in [3.8, 4) is 0 Å². The van der Waals surface area contributed by atoms with E-state index in [0.29, 0.717) is 13.1 Å². The highest BCUT2D eigenvalue weighted by atomic mass is 32.1. The van der Waals surface area contributed by atoms with Crippen LogP contribution in [0, 0.1) is 5.92 Å². The lowest BCUT2D eigenvalue weighted by molar-refractivity contribution is -0.122. The van der Waals surface area contributed by atoms with Gasteiger partial charge in [-0.1, -0.05) is 6.07 Å². The van der Waals surface area contributed by atoms with Crippen LogP contribution in [-0.4, -0.2) is 37.0 Å². The number of thiophene rings is 1. The van der Waals surface area contributed by atoms with Crippen LogP contribution < -0.4 is 11.1 Å². The second kappa shape index (κ2) is 7.62. The van der Waals surface area contributed by atoms with Crippen molar-refractivity contribution in [1.82, 2.24) is 10.2 Å². The second-order valence-corrected chi connectivity index (χ2v) is 6.19. The summed E-state index contributed by atoms with van der Waals surface area (Å²) in [5.74, 6) is 0.890. The number of hydrogen-bond acceptors (Lipinski definition) is 4. The molecule has 1 aliphatic rings. The van der Waals surface area contributed by atoms with Crippen LogP contribution in [0.15, 0.2) is 17.5 Å². The van der Waals surface area contributed by atoms with Crippen LogP contribution in [0.5, 0.6) is 0 Å². The zero-order valence-corrected chi connectivity index (χ0v) is 12.1. The minimum atomic E-state index is 0.130. The molecule has 1 aliphatic heterocycles. The Morgan fingerprint density at radius 3 is 2.89 bits per heavy atom. The largest absolute Gasteiger partial charge is 0.350 e. The molecule has 0 aliphatic carbocycles. The Hall–Kier alpha value is -0.910. The number of rotatable bonds is 6. The third-order valence-electron chi connectivity index (χ3n) is 3.69. The Bertz CT molecular complexity index is 372. The van der Waals surface area contributed by atoms with Crippen molar-refractivity contribution < 1.29 is 4.79 Å². The highest BCUT2D eigenvalue weighted by Gasteiger charge is 2.20. The van der Waals surface area contributed by atoms with E-state index < -0.39 is 0 Å². The van der Waals surface area contributed by atoms with E-state index in [1.165, 1.54) is 17.7 Å². The van der Waals surface area contributed by atoms with Crippen molar-refractivity contribution in [2.24, 2.45) is 11.7 Å². The molecular weight excluding hydrogens is 258 g/mol. The van der Waals surface area contributed by atoms with Gasteiger partial charge in [-0.2, -0.15) is 0 Å². The molecule has 106 valence electrons. The van der Waals surface area contributed by atoms with Crippen molar-refractivity contribution in [2.75, 3.05) is 26.2 Å². The van der Waals surface area contributed by atoms with Crippen LogP contribution in [-0.2, 0) is 11.3 Å². The standard InChI is InChI=1S/C14H23N3OS/c15-6-3-12-4-7-17(8-5-12)11-14(18)16-10-13-2-1-9-19-13/h1-2,9,12H,3-8,10-11,15H2,(H,16,18). The van der Waals surface area contributed by atoms with E-state index in [-0.39, 0.29) is 5.91 Å². The predicted molar refractivity (Wildman–Crippen MR) is 79.0 cm³/mol. The number of amides is 1. The molecule has 19 heavy (non-hydrogen) atoms. The maximum Gasteiger partial charge on any atom is 0.234 e. The maximum absolute atomic E-state index is 11.8. The molecule has 0 aromatic carbocycles. The van der Waals surface area contributed by atoms with E-state index in [2.05, 4.69) is 10.2 Å². The van der Waals surface area contributed by atoms with Gasteiger partial charge in [0.1, 0.15) is 0 Å². The first-order chi connectivity index (χ1) is 9.28. The Kier molecular flexibility index (Phi) is 5.82. The molecule has 2 rings (SSSR count). The van der Waals surface area contributed by atoms with Gasteiger partial charge >= 0.3 is 0 Å². The monoisotopic (exact) mass is 281 g/mol. The average Bonchev–Trinajstić information content (AvgIpc) is 2.92. The third kappa shape index (κ3) is 4.93. The summed E-state index contributed by atoms with van der Waals surface area (Å²) in [6, 6.07) is 4.05. The van der Waals surface area contributed by atoms with Crippen LogP contribution in [0.3, 0.4) is 0 Å². The summed E-state index contributed by atoms with van der Waals surface area (Å²) < 4.78 is 0. The van der Waals surface area contributed by atoms with Gasteiger partial charge in [-0.3, -0.25) is 9.69 Å². The van der Waals surface area contributed by atoms with Crippen LogP contribution in [0.4, 0.5) is 0 Å². The molecule has 4 nitrogen and oxygen atoms in total. The van der Waals surface area contributed by atoms with E-state index in [4.69, 9.17) is 5.73 Å². The summed E-state index contributed by atoms with van der Waals surface area (Å²) in [5.41, 5.74) is 5.58. The molecule has 0 spiro atoms. The van der Waals surface area contributed by atoms with Gasteiger partial charge in [-0.05, 0) is 56.3 Å². The van der Waals surface area contributed by atoms with Crippen LogP contribution in [0.25, 0.3) is 0 Å². The van der Waals surface area contributed by atoms with Crippen molar-refractivity contribution in [1.29, 1.82) is 0 Å². The van der Waals surface area contributed by atoms with E-state index in [1.807, 2.05) is 17.5 Å². The first-order valence-corrected chi connectivity index (χ1v) is 7.87. The topological polar surface area (TPSA) is 58.4 Å². The minimum Gasteiger partial charge on any atom is -0.350 e. The lowest BCUT2D eigenvalue weighted by Crippen LogP contribution is -2.41. The van der Waals surface area contributed by atoms with Gasteiger partial charge in [0, 0.05) is 4.88 Å². The predicted octanol–water partition coefficient (Wildman–Crippen LogP) is 1.43. The van der Waals surface area contributed by atoms with Gasteiger partial charge in [-0.25, -0.2) is 0 Å². The molecular formula is C14H23N3OS. The van der Waals surface area contributed by atoms with Gasteiger partial charge < -0.3 is 11.1 Å². The van der Waals surface area contributed by atoms with E-state index in [9.17, 15) is 4.79 Å². The molecule has 1 amide bonds. The third-order valence-corrected chi connectivity index (χ3v) is 4.57. The van der Waals surface area contributed by atoms with Gasteiger partial charge in [0.15, 0.2) is 0 Å². The summed E-state index contributed by atoms with van der Waals surface area (Å²) >= 11 is 1.68. The number of piperidine rings is 1. The lowest BCUT2D eigenvalue weighted by Gasteiger charge is -2.31. The van der Waals surface area contributed by atoms with Crippen molar-refractivity contribution in [2.45, 2.75) is 25.8 Å². The Morgan fingerprint density at radius 1 is 1.47 bits per heavy atom. The number of hydrogen-bond donors (Lipinski definition) is 2. The van der Waals surface area contributed by atoms with Crippen LogP contribution in [0.1, 0.15) is 24.1 Å². The molecule has 5 heteroatoms. The molecule has 3 N–H and O–H groups in total. The summed E-state index contributed by atoms with van der Waals surface area (Å²) in [7, 11) is 0. The highest BCUT2D eigenvalue weighted by molar-refractivity contribution is 7.09. The number of likely N-dealkylation sites (tertiary alicyclic amines) is 1. The number of nitrogens with one attached hydrogen (secondary N) is 1. The molecule has 1 saturated heterocycles. The van der Waals surface area contributed by atoms with Crippen molar-refractivity contribution in [3.05, 3.63) is 22.4 Å². The summed E-state index contributed by atoms with van der Waals surface area (Å²) in [5, 5.41) is 5.01. The van der Waals surface area contributed by atoms with E-state index >= 15 is 0 Å². The normalized spacial score (nSPS) is 17.5. The van der Waals surface area contributed by atoms with E-state index in [0.717, 1.165) is 32.0 Å². The molecule has 0 bridgehead atoms. The van der Waals surface area contributed by atoms with Gasteiger partial charge in [0.05, 0.1) is 13.1 Å². The summed E-state index contributed by atoms with van der Waals surface area (Å²) in [6.07, 6.45) is 3.48. The summed E-state index contributed by atoms with van der Waals surface area (Å²) in [4.78, 5) is 15.3. The van der Waals surface area contributed by atoms with Gasteiger partial charge in [0.2, 0.25) is 5.91 Å². The molecule has 0 saturated carbocycles. The van der Waals surface area contributed by atoms with Crippen molar-refractivity contribution >= 4 is 17.2 Å². The SMILES string of the molecule is NCCC1CCN(CC(=O)NCc2cccs2)CC1. The number of carbonyl (C=O) groups excluding carboxylic acids is 1. The van der Waals surface area contributed by atoms with Crippen LogP contribution >= 0.6 is 11.3 Å². The maximum atomic E-state index is 11.8. The lowest BCUT2D eigenvalue weighted by atomic mass is 9.94. The van der Waals surface area contributed by atoms with Gasteiger partial charge in [0.25, 0.3) is 0 Å². The molecule has 2 heterocycles. The first-order valence-electron chi connectivity index (χ1n) is 6.99. The zero-order valence-electron chi connectivity index (χ0n) is 11.3. The second-order valence-electron chi connectivity index (χ2n) is 5.15. The fourth-order valence-corrected chi connectivity index (χ4v) is 3.17. The molecule has 1 aromatic heterocycles. The summed E-state index contributed by atoms with van der Waals surface area (Å²) in [6.45, 7) is 4.01. The number of nitrogens with two attached hydrogens (primary N) is 1. The Labute approximate surface area is 119 Å². The van der Waals surface area contributed by atoms with Crippen molar-refractivity contribution in [3.63, 3.8) is 0 Å². The van der Waals surface area contributed by atoms with Crippen LogP contribution in [0.2, 0.25) is 0 Å². The Morgan fingerprint density at radius 2 is 2.26 bits per heavy atom. The molecule has 0 unspecified atom stereocenters. The Balaban J connectivity index is 1.63. The van der Waals surface area contributed by atoms with E-state index in [1.54, 1.807) is 11.3 Å². The average molecular weight is 281 g/mol. The fourth-order valence-electron chi connectivity index (χ4n) is 2.53. The van der Waals surface area contributed by atoms with Gasteiger partial charge in [-0.15, -0.1) is 11.3 Å². The smallest absolute Gasteiger partial charge is 0.234 e. The molecule has 0 radical (unpaired) electrons. The number of nitrogens with zero attached hydrogens (tertiary/aromatic N) is 1. The molecule has 1 fully saturated rings. The number of carbonyl (C=O) groups is 1. The molecule has 1 aromatic rings. The zero-order chi connectivity index (χ0) is 13.5. The quantitative estimate of drug-likeness (QED) is 0.829. The highest BCUT2D eigenvalue weighted by Crippen LogP contribution is 2.19.